The zero-order valence-corrected chi connectivity index (χ0v) is 11.6. The number of halogens is 3. The van der Waals surface area contributed by atoms with E-state index in [1.165, 1.54) is 4.90 Å². The van der Waals surface area contributed by atoms with Crippen molar-refractivity contribution in [2.45, 2.75) is 6.18 Å². The molecule has 21 heavy (non-hydrogen) atoms. The van der Waals surface area contributed by atoms with Crippen LogP contribution in [0.15, 0.2) is 12.4 Å². The van der Waals surface area contributed by atoms with Gasteiger partial charge in [0.15, 0.2) is 0 Å². The summed E-state index contributed by atoms with van der Waals surface area (Å²) in [6.07, 6.45) is -3.31. The lowest BCUT2D eigenvalue weighted by Gasteiger charge is -2.34. The lowest BCUT2D eigenvalue weighted by molar-refractivity contribution is -0.137. The van der Waals surface area contributed by atoms with Gasteiger partial charge in [-0.25, -0.2) is 4.79 Å². The monoisotopic (exact) mass is 325 g/mol. The molecule has 0 saturated carbocycles. The molecule has 1 atom stereocenters. The number of hydrogen-bond acceptors (Lipinski definition) is 5. The van der Waals surface area contributed by atoms with Crippen molar-refractivity contribution in [3.8, 4) is 0 Å². The van der Waals surface area contributed by atoms with Gasteiger partial charge < -0.3 is 9.45 Å². The van der Waals surface area contributed by atoms with Crippen LogP contribution >= 0.6 is 0 Å². The molecule has 0 bridgehead atoms. The van der Waals surface area contributed by atoms with Gasteiger partial charge in [-0.2, -0.15) is 23.0 Å². The normalized spacial score (nSPS) is 18.8. The van der Waals surface area contributed by atoms with Gasteiger partial charge in [0.25, 0.3) is 0 Å². The van der Waals surface area contributed by atoms with Gasteiger partial charge in [-0.1, -0.05) is 0 Å². The Bertz CT molecular complexity index is 540. The molecular formula is C10H12F3N4O3S-. The van der Waals surface area contributed by atoms with Crippen LogP contribution < -0.4 is 0 Å². The molecule has 1 aliphatic heterocycles. The first-order valence-corrected chi connectivity index (χ1v) is 7.21. The smallest absolute Gasteiger partial charge is 0.419 e. The first-order chi connectivity index (χ1) is 9.77. The number of rotatable bonds is 2. The molecule has 1 saturated heterocycles. The third kappa shape index (κ3) is 4.02. The Morgan fingerprint density at radius 3 is 2.43 bits per heavy atom. The molecule has 7 nitrogen and oxygen atoms in total. The minimum absolute atomic E-state index is 0.123. The molecule has 1 aromatic rings. The standard InChI is InChI=1S/C10H13F3N4O3S/c11-10(12,13)8-5-14-17(6-8)9(18)16-3-1-15(2-4-16)7-21(19)20/h5-6H,1-4,7H2,(H,19,20)/p-1. The van der Waals surface area contributed by atoms with E-state index in [2.05, 4.69) is 5.10 Å². The summed E-state index contributed by atoms with van der Waals surface area (Å²) in [5, 5.41) is 3.42. The third-order valence-electron chi connectivity index (χ3n) is 3.04. The molecule has 2 heterocycles. The van der Waals surface area contributed by atoms with E-state index < -0.39 is 28.9 Å². The molecule has 0 spiro atoms. The topological polar surface area (TPSA) is 81.5 Å². The summed E-state index contributed by atoms with van der Waals surface area (Å²) < 4.78 is 59.1. The maximum absolute atomic E-state index is 12.4. The highest BCUT2D eigenvalue weighted by Crippen LogP contribution is 2.28. The van der Waals surface area contributed by atoms with Crippen molar-refractivity contribution < 1.29 is 26.7 Å². The third-order valence-corrected chi connectivity index (χ3v) is 3.61. The van der Waals surface area contributed by atoms with Crippen LogP contribution in [0.2, 0.25) is 0 Å². The Labute approximate surface area is 120 Å². The molecule has 2 rings (SSSR count). The van der Waals surface area contributed by atoms with Crippen molar-refractivity contribution in [3.05, 3.63) is 18.0 Å². The predicted octanol–water partition coefficient (Wildman–Crippen LogP) is 0.324. The molecule has 1 aromatic heterocycles. The number of carbonyl (C=O) groups excluding carboxylic acids is 1. The van der Waals surface area contributed by atoms with E-state index in [4.69, 9.17) is 0 Å². The zero-order valence-electron chi connectivity index (χ0n) is 10.7. The molecule has 0 N–H and O–H groups in total. The molecule has 0 radical (unpaired) electrons. The maximum atomic E-state index is 12.4. The van der Waals surface area contributed by atoms with Gasteiger partial charge >= 0.3 is 12.2 Å². The molecule has 0 aromatic carbocycles. The van der Waals surface area contributed by atoms with E-state index in [0.717, 1.165) is 0 Å². The van der Waals surface area contributed by atoms with Crippen LogP contribution in [-0.2, 0) is 17.3 Å². The second-order valence-corrected chi connectivity index (χ2v) is 5.36. The highest BCUT2D eigenvalue weighted by molar-refractivity contribution is 7.79. The number of hydrogen-bond donors (Lipinski definition) is 0. The van der Waals surface area contributed by atoms with Gasteiger partial charge in [0.05, 0.1) is 17.6 Å². The van der Waals surface area contributed by atoms with Crippen LogP contribution in [0, 0.1) is 0 Å². The van der Waals surface area contributed by atoms with Crippen LogP contribution in [0.4, 0.5) is 18.0 Å². The molecule has 11 heteroatoms. The molecular weight excluding hydrogens is 313 g/mol. The Morgan fingerprint density at radius 1 is 1.33 bits per heavy atom. The number of nitrogens with zero attached hydrogens (tertiary/aromatic N) is 4. The summed E-state index contributed by atoms with van der Waals surface area (Å²) in [5.41, 5.74) is -0.990. The molecule has 118 valence electrons. The first-order valence-electron chi connectivity index (χ1n) is 5.97. The lowest BCUT2D eigenvalue weighted by Crippen LogP contribution is -2.50. The van der Waals surface area contributed by atoms with Crippen LogP contribution in [0.5, 0.6) is 0 Å². The van der Waals surface area contributed by atoms with Crippen molar-refractivity contribution in [2.75, 3.05) is 32.1 Å². The van der Waals surface area contributed by atoms with E-state index in [1.54, 1.807) is 4.90 Å². The summed E-state index contributed by atoms with van der Waals surface area (Å²) in [7, 11) is 0. The zero-order chi connectivity index (χ0) is 15.6. The number of carbonyl (C=O) groups is 1. The van der Waals surface area contributed by atoms with E-state index in [1.807, 2.05) is 0 Å². The van der Waals surface area contributed by atoms with E-state index in [-0.39, 0.29) is 19.0 Å². The van der Waals surface area contributed by atoms with Gasteiger partial charge in [-0.15, -0.1) is 0 Å². The van der Waals surface area contributed by atoms with Crippen LogP contribution in [0.25, 0.3) is 0 Å². The van der Waals surface area contributed by atoms with Crippen molar-refractivity contribution in [1.82, 2.24) is 19.6 Å². The highest BCUT2D eigenvalue weighted by atomic mass is 32.2. The van der Waals surface area contributed by atoms with Gasteiger partial charge in [0, 0.05) is 32.4 Å². The predicted molar refractivity (Wildman–Crippen MR) is 65.0 cm³/mol. The summed E-state index contributed by atoms with van der Waals surface area (Å²) in [6, 6.07) is -0.659. The average molecular weight is 325 g/mol. The molecule has 0 aliphatic carbocycles. The Hall–Kier alpha value is -1.46. The summed E-state index contributed by atoms with van der Waals surface area (Å²) in [4.78, 5) is 15.0. The fraction of sp³-hybridized carbons (Fsp3) is 0.600. The molecule has 1 amide bonds. The van der Waals surface area contributed by atoms with Gasteiger partial charge in [0.2, 0.25) is 0 Å². The second kappa shape index (κ2) is 6.12. The Morgan fingerprint density at radius 2 is 1.95 bits per heavy atom. The van der Waals surface area contributed by atoms with E-state index >= 15 is 0 Å². The number of piperazine rings is 1. The second-order valence-electron chi connectivity index (χ2n) is 4.49. The molecule has 1 aliphatic rings. The Balaban J connectivity index is 1.96. The van der Waals surface area contributed by atoms with Crippen molar-refractivity contribution in [2.24, 2.45) is 0 Å². The quantitative estimate of drug-likeness (QED) is 0.732. The Kier molecular flexibility index (Phi) is 4.64. The minimum atomic E-state index is -4.55. The molecule has 1 fully saturated rings. The molecule has 1 unspecified atom stereocenters. The average Bonchev–Trinajstić information content (AvgIpc) is 2.87. The van der Waals surface area contributed by atoms with Crippen LogP contribution in [0.3, 0.4) is 0 Å². The number of alkyl halides is 3. The van der Waals surface area contributed by atoms with Crippen molar-refractivity contribution >= 4 is 17.1 Å². The summed E-state index contributed by atoms with van der Waals surface area (Å²) in [6.45, 7) is 1.15. The van der Waals surface area contributed by atoms with Crippen molar-refractivity contribution in [3.63, 3.8) is 0 Å². The first kappa shape index (κ1) is 15.9. The number of amides is 1. The van der Waals surface area contributed by atoms with Crippen LogP contribution in [-0.4, -0.2) is 66.4 Å². The van der Waals surface area contributed by atoms with Gasteiger partial charge in [-0.3, -0.25) is 9.11 Å². The maximum Gasteiger partial charge on any atom is 0.419 e. The fourth-order valence-electron chi connectivity index (χ4n) is 1.94. The van der Waals surface area contributed by atoms with Gasteiger partial charge in [0.1, 0.15) is 0 Å². The van der Waals surface area contributed by atoms with Gasteiger partial charge in [-0.05, 0) is 11.1 Å². The lowest BCUT2D eigenvalue weighted by atomic mass is 10.3. The SMILES string of the molecule is O=C(N1CCN(CS(=O)[O-])CC1)n1cc(C(F)(F)F)cn1. The minimum Gasteiger partial charge on any atom is -0.771 e. The van der Waals surface area contributed by atoms with Crippen molar-refractivity contribution in [1.29, 1.82) is 0 Å². The summed E-state index contributed by atoms with van der Waals surface area (Å²) >= 11 is -2.20. The van der Waals surface area contributed by atoms with E-state index in [0.29, 0.717) is 30.2 Å². The fourth-order valence-corrected chi connectivity index (χ4v) is 2.49. The summed E-state index contributed by atoms with van der Waals surface area (Å²) in [5.74, 6) is -0.123. The van der Waals surface area contributed by atoms with Crippen LogP contribution in [0.1, 0.15) is 5.56 Å². The largest absolute Gasteiger partial charge is 0.771 e. The highest BCUT2D eigenvalue weighted by Gasteiger charge is 2.33. The van der Waals surface area contributed by atoms with E-state index in [9.17, 15) is 26.7 Å². The number of aromatic nitrogens is 2.